The summed E-state index contributed by atoms with van der Waals surface area (Å²) < 4.78 is 11.1. The van der Waals surface area contributed by atoms with E-state index in [-0.39, 0.29) is 11.9 Å². The topological polar surface area (TPSA) is 35.5 Å². The number of para-hydroxylation sites is 1. The molecule has 0 saturated carbocycles. The fourth-order valence-electron chi connectivity index (χ4n) is 2.30. The van der Waals surface area contributed by atoms with Crippen LogP contribution in [-0.4, -0.2) is 12.9 Å². The zero-order valence-corrected chi connectivity index (χ0v) is 10.6. The lowest BCUT2D eigenvalue weighted by molar-refractivity contribution is 0.0850. The maximum absolute atomic E-state index is 12.1. The number of hydrogen-bond donors (Lipinski definition) is 0. The first-order valence-electron chi connectivity index (χ1n) is 6.21. The Hall–Kier alpha value is -2.29. The van der Waals surface area contributed by atoms with Crippen LogP contribution in [0.5, 0.6) is 11.5 Å². The molecule has 2 aromatic carbocycles. The van der Waals surface area contributed by atoms with Crippen LogP contribution >= 0.6 is 0 Å². The summed E-state index contributed by atoms with van der Waals surface area (Å²) >= 11 is 0. The van der Waals surface area contributed by atoms with E-state index in [1.165, 1.54) is 0 Å². The number of ether oxygens (including phenoxy) is 2. The Morgan fingerprint density at radius 3 is 2.84 bits per heavy atom. The van der Waals surface area contributed by atoms with Gasteiger partial charge in [0.05, 0.1) is 19.1 Å². The summed E-state index contributed by atoms with van der Waals surface area (Å²) in [6, 6.07) is 15.0. The smallest absolute Gasteiger partial charge is 0.170 e. The van der Waals surface area contributed by atoms with Crippen molar-refractivity contribution in [2.24, 2.45) is 0 Å². The summed E-state index contributed by atoms with van der Waals surface area (Å²) in [6.45, 7) is 0. The Bertz CT molecular complexity index is 619. The lowest BCUT2D eigenvalue weighted by Gasteiger charge is -2.25. The van der Waals surface area contributed by atoms with Crippen LogP contribution in [0.2, 0.25) is 0 Å². The van der Waals surface area contributed by atoms with Gasteiger partial charge in [0.2, 0.25) is 0 Å². The molecule has 1 atom stereocenters. The number of ketones is 1. The van der Waals surface area contributed by atoms with E-state index in [1.807, 2.05) is 42.5 Å². The number of benzene rings is 2. The van der Waals surface area contributed by atoms with Gasteiger partial charge in [-0.25, -0.2) is 0 Å². The third-order valence-electron chi connectivity index (χ3n) is 3.29. The summed E-state index contributed by atoms with van der Waals surface area (Å²) in [4.78, 5) is 12.1. The van der Waals surface area contributed by atoms with Crippen molar-refractivity contribution in [3.05, 3.63) is 59.7 Å². The molecular weight excluding hydrogens is 240 g/mol. The molecule has 0 fully saturated rings. The predicted octanol–water partition coefficient (Wildman–Crippen LogP) is 3.40. The Labute approximate surface area is 111 Å². The third kappa shape index (κ3) is 2.19. The highest BCUT2D eigenvalue weighted by molar-refractivity contribution is 5.99. The van der Waals surface area contributed by atoms with Crippen LogP contribution in [0.4, 0.5) is 0 Å². The molecule has 1 aliphatic heterocycles. The van der Waals surface area contributed by atoms with Crippen LogP contribution < -0.4 is 9.47 Å². The Morgan fingerprint density at radius 1 is 1.16 bits per heavy atom. The van der Waals surface area contributed by atoms with E-state index in [9.17, 15) is 4.79 Å². The molecule has 19 heavy (non-hydrogen) atoms. The van der Waals surface area contributed by atoms with E-state index in [1.54, 1.807) is 13.2 Å². The van der Waals surface area contributed by atoms with Crippen molar-refractivity contribution in [3.8, 4) is 11.5 Å². The highest BCUT2D eigenvalue weighted by atomic mass is 16.5. The molecule has 0 spiro atoms. The van der Waals surface area contributed by atoms with Gasteiger partial charge in [-0.3, -0.25) is 4.79 Å². The SMILES string of the molecule is COc1cccc([C@@H]2CC(=O)c3ccccc3O2)c1. The van der Waals surface area contributed by atoms with Crippen molar-refractivity contribution >= 4 is 5.78 Å². The first-order valence-corrected chi connectivity index (χ1v) is 6.21. The largest absolute Gasteiger partial charge is 0.497 e. The van der Waals surface area contributed by atoms with Gasteiger partial charge in [-0.1, -0.05) is 24.3 Å². The van der Waals surface area contributed by atoms with Crippen molar-refractivity contribution in [1.82, 2.24) is 0 Å². The van der Waals surface area contributed by atoms with Crippen LogP contribution in [0.1, 0.15) is 28.4 Å². The number of rotatable bonds is 2. The van der Waals surface area contributed by atoms with Gasteiger partial charge in [0.1, 0.15) is 17.6 Å². The molecule has 96 valence electrons. The summed E-state index contributed by atoms with van der Waals surface area (Å²) in [7, 11) is 1.63. The molecular formula is C16H14O3. The number of fused-ring (bicyclic) bond motifs is 1. The number of hydrogen-bond acceptors (Lipinski definition) is 3. The number of methoxy groups -OCH3 is 1. The minimum atomic E-state index is -0.238. The normalized spacial score (nSPS) is 17.5. The minimum absolute atomic E-state index is 0.120. The van der Waals surface area contributed by atoms with Crippen molar-refractivity contribution in [3.63, 3.8) is 0 Å². The molecule has 3 nitrogen and oxygen atoms in total. The maximum atomic E-state index is 12.1. The van der Waals surface area contributed by atoms with E-state index >= 15 is 0 Å². The van der Waals surface area contributed by atoms with Gasteiger partial charge in [0.15, 0.2) is 5.78 Å². The third-order valence-corrected chi connectivity index (χ3v) is 3.29. The fraction of sp³-hybridized carbons (Fsp3) is 0.188. The van der Waals surface area contributed by atoms with Gasteiger partial charge in [-0.05, 0) is 29.8 Å². The highest BCUT2D eigenvalue weighted by Crippen LogP contribution is 2.35. The summed E-state index contributed by atoms with van der Waals surface area (Å²) in [5.74, 6) is 1.55. The maximum Gasteiger partial charge on any atom is 0.170 e. The lowest BCUT2D eigenvalue weighted by Crippen LogP contribution is -2.20. The summed E-state index contributed by atoms with van der Waals surface area (Å²) in [5, 5.41) is 0. The molecule has 0 N–H and O–H groups in total. The zero-order chi connectivity index (χ0) is 13.2. The molecule has 0 aromatic heterocycles. The van der Waals surface area contributed by atoms with E-state index in [0.717, 1.165) is 11.3 Å². The highest BCUT2D eigenvalue weighted by Gasteiger charge is 2.27. The fourth-order valence-corrected chi connectivity index (χ4v) is 2.30. The van der Waals surface area contributed by atoms with Crippen LogP contribution in [0.15, 0.2) is 48.5 Å². The van der Waals surface area contributed by atoms with Crippen molar-refractivity contribution < 1.29 is 14.3 Å². The molecule has 0 radical (unpaired) electrons. The molecule has 0 unspecified atom stereocenters. The average molecular weight is 254 g/mol. The van der Waals surface area contributed by atoms with Gasteiger partial charge in [0.25, 0.3) is 0 Å². The number of Topliss-reactive ketones (excluding diaryl/α,β-unsaturated/α-hetero) is 1. The summed E-state index contributed by atoms with van der Waals surface area (Å²) in [6.07, 6.45) is 0.127. The molecule has 0 bridgehead atoms. The van der Waals surface area contributed by atoms with E-state index in [0.29, 0.717) is 17.7 Å². The van der Waals surface area contributed by atoms with Crippen LogP contribution in [-0.2, 0) is 0 Å². The van der Waals surface area contributed by atoms with Crippen molar-refractivity contribution in [2.75, 3.05) is 7.11 Å². The molecule has 0 saturated heterocycles. The predicted molar refractivity (Wildman–Crippen MR) is 71.8 cm³/mol. The Morgan fingerprint density at radius 2 is 2.00 bits per heavy atom. The van der Waals surface area contributed by atoms with E-state index in [2.05, 4.69) is 0 Å². The molecule has 2 aromatic rings. The monoisotopic (exact) mass is 254 g/mol. The first kappa shape index (κ1) is 11.8. The second kappa shape index (κ2) is 4.76. The van der Waals surface area contributed by atoms with Gasteiger partial charge in [-0.15, -0.1) is 0 Å². The van der Waals surface area contributed by atoms with Crippen LogP contribution in [0, 0.1) is 0 Å². The number of carbonyl (C=O) groups is 1. The van der Waals surface area contributed by atoms with E-state index in [4.69, 9.17) is 9.47 Å². The second-order valence-corrected chi connectivity index (χ2v) is 4.51. The molecule has 3 heteroatoms. The van der Waals surface area contributed by atoms with Gasteiger partial charge >= 0.3 is 0 Å². The van der Waals surface area contributed by atoms with Crippen LogP contribution in [0.3, 0.4) is 0 Å². The molecule has 0 amide bonds. The second-order valence-electron chi connectivity index (χ2n) is 4.51. The molecule has 1 heterocycles. The molecule has 3 rings (SSSR count). The lowest BCUT2D eigenvalue weighted by atomic mass is 9.96. The first-order chi connectivity index (χ1) is 9.28. The van der Waals surface area contributed by atoms with E-state index < -0.39 is 0 Å². The standard InChI is InChI=1S/C16H14O3/c1-18-12-6-4-5-11(9-12)16-10-14(17)13-7-2-3-8-15(13)19-16/h2-9,16H,10H2,1H3/t16-/m0/s1. The molecule has 0 aliphatic carbocycles. The zero-order valence-electron chi connectivity index (χ0n) is 10.6. The molecule has 1 aliphatic rings. The van der Waals surface area contributed by atoms with Gasteiger partial charge < -0.3 is 9.47 Å². The number of carbonyl (C=O) groups excluding carboxylic acids is 1. The summed E-state index contributed by atoms with van der Waals surface area (Å²) in [5.41, 5.74) is 1.63. The minimum Gasteiger partial charge on any atom is -0.497 e. The quantitative estimate of drug-likeness (QED) is 0.824. The average Bonchev–Trinajstić information content (AvgIpc) is 2.47. The van der Waals surface area contributed by atoms with Crippen LogP contribution in [0.25, 0.3) is 0 Å². The van der Waals surface area contributed by atoms with Crippen molar-refractivity contribution in [2.45, 2.75) is 12.5 Å². The Balaban J connectivity index is 1.94. The van der Waals surface area contributed by atoms with Gasteiger partial charge in [-0.2, -0.15) is 0 Å². The van der Waals surface area contributed by atoms with Crippen molar-refractivity contribution in [1.29, 1.82) is 0 Å². The Kier molecular flexibility index (Phi) is 2.95. The van der Waals surface area contributed by atoms with Gasteiger partial charge in [0, 0.05) is 0 Å².